The van der Waals surface area contributed by atoms with Gasteiger partial charge in [0.05, 0.1) is 5.39 Å². The fourth-order valence-electron chi connectivity index (χ4n) is 1.92. The Morgan fingerprint density at radius 1 is 1.12 bits per heavy atom. The molecule has 1 aromatic carbocycles. The Kier molecular flexibility index (Phi) is 7.39. The fraction of sp³-hybridized carbons (Fsp3) is 0.167. The zero-order chi connectivity index (χ0) is 15.4. The van der Waals surface area contributed by atoms with Gasteiger partial charge in [-0.25, -0.2) is 4.79 Å². The molecule has 5 N–H and O–H groups in total. The molecule has 133 valence electrons. The van der Waals surface area contributed by atoms with E-state index in [-0.39, 0.29) is 89.6 Å². The molecule has 1 aliphatic heterocycles. The number of carbonyl (C=O) groups is 1. The van der Waals surface area contributed by atoms with Gasteiger partial charge in [0, 0.05) is 55.4 Å². The van der Waals surface area contributed by atoms with Gasteiger partial charge >= 0.3 is 11.8 Å². The van der Waals surface area contributed by atoms with E-state index < -0.39 is 28.9 Å². The van der Waals surface area contributed by atoms with Crippen LogP contribution in [0.3, 0.4) is 0 Å². The quantitative estimate of drug-likeness (QED) is 0.450. The van der Waals surface area contributed by atoms with Crippen LogP contribution in [0.4, 0.5) is 13.2 Å². The van der Waals surface area contributed by atoms with E-state index in [9.17, 15) is 27.9 Å². The van der Waals surface area contributed by atoms with E-state index in [0.717, 1.165) is 6.07 Å². The van der Waals surface area contributed by atoms with E-state index in [1.807, 2.05) is 0 Å². The van der Waals surface area contributed by atoms with Crippen molar-refractivity contribution in [1.82, 2.24) is 0 Å². The maximum absolute atomic E-state index is 12.4. The van der Waals surface area contributed by atoms with Crippen LogP contribution in [0.25, 0.3) is 11.0 Å². The van der Waals surface area contributed by atoms with E-state index in [0.29, 0.717) is 0 Å². The molecule has 0 atom stereocenters. The van der Waals surface area contributed by atoms with Crippen LogP contribution < -0.4 is 15.1 Å². The molecule has 0 aliphatic carbocycles. The van der Waals surface area contributed by atoms with Gasteiger partial charge in [0.1, 0.15) is 11.3 Å². The molecule has 2 heterocycles. The van der Waals surface area contributed by atoms with Crippen LogP contribution in [0.15, 0.2) is 21.3 Å². The molecule has 0 fully saturated rings. The van der Waals surface area contributed by atoms with Crippen molar-refractivity contribution in [2.75, 3.05) is 6.79 Å². The standard InChI is InChI=1S/C12H5F3O6.Eu.2H2O/c13-12(14,15)10(17)8-9(16)4-1-6-7(20-3-19-6)2-5(4)21-11(8)18;;;/h1-2,16H,3H2;;2*1H2. The number of ketones is 1. The van der Waals surface area contributed by atoms with E-state index in [2.05, 4.69) is 4.42 Å². The minimum Gasteiger partial charge on any atom is -0.506 e. The Labute approximate surface area is 171 Å². The summed E-state index contributed by atoms with van der Waals surface area (Å²) in [7, 11) is 0. The molecule has 0 spiro atoms. The van der Waals surface area contributed by atoms with Gasteiger partial charge in [0.15, 0.2) is 17.1 Å². The first-order valence-corrected chi connectivity index (χ1v) is 5.50. The first-order chi connectivity index (χ1) is 9.79. The Balaban J connectivity index is 0.00000176. The van der Waals surface area contributed by atoms with Crippen LogP contribution in [0.5, 0.6) is 17.2 Å². The second-order valence-corrected chi connectivity index (χ2v) is 4.14. The third-order valence-electron chi connectivity index (χ3n) is 2.86. The van der Waals surface area contributed by atoms with Crippen LogP contribution in [-0.2, 0) is 0 Å². The van der Waals surface area contributed by atoms with Gasteiger partial charge in [0.2, 0.25) is 6.79 Å². The topological polar surface area (TPSA) is 149 Å². The summed E-state index contributed by atoms with van der Waals surface area (Å²) >= 11 is 0. The number of benzene rings is 1. The summed E-state index contributed by atoms with van der Waals surface area (Å²) in [5.41, 5.74) is -3.27. The number of aromatic hydroxyl groups is 1. The number of hydrogen-bond donors (Lipinski definition) is 1. The van der Waals surface area contributed by atoms with E-state index in [1.54, 1.807) is 0 Å². The van der Waals surface area contributed by atoms with Gasteiger partial charge in [-0.3, -0.25) is 4.79 Å². The number of carbonyl (C=O) groups excluding carboxylic acids is 1. The van der Waals surface area contributed by atoms with Crippen molar-refractivity contribution in [3.8, 4) is 17.2 Å². The molecular formula is C12H9EuF3O8. The van der Waals surface area contributed by atoms with Crippen LogP contribution in [0.1, 0.15) is 10.4 Å². The van der Waals surface area contributed by atoms with Crippen LogP contribution in [0.2, 0.25) is 0 Å². The van der Waals surface area contributed by atoms with Gasteiger partial charge in [-0.2, -0.15) is 13.2 Å². The fourth-order valence-corrected chi connectivity index (χ4v) is 1.92. The SMILES string of the molecule is O.O.O=C(c1c(O)c2cc3c(cc2oc1=O)OCO3)C(F)(F)F.[Eu]. The molecule has 0 saturated heterocycles. The first kappa shape index (κ1) is 22.8. The molecule has 1 aliphatic rings. The van der Waals surface area contributed by atoms with Crippen molar-refractivity contribution in [2.45, 2.75) is 6.18 Å². The van der Waals surface area contributed by atoms with Crippen LogP contribution in [0, 0.1) is 49.4 Å². The van der Waals surface area contributed by atoms with Crippen LogP contribution in [-0.4, -0.2) is 34.8 Å². The van der Waals surface area contributed by atoms with Gasteiger partial charge < -0.3 is 29.9 Å². The third-order valence-corrected chi connectivity index (χ3v) is 2.86. The number of rotatable bonds is 1. The first-order valence-electron chi connectivity index (χ1n) is 5.50. The van der Waals surface area contributed by atoms with E-state index in [4.69, 9.17) is 9.47 Å². The zero-order valence-corrected chi connectivity index (χ0v) is 13.8. The van der Waals surface area contributed by atoms with Gasteiger partial charge in [-0.05, 0) is 6.07 Å². The molecule has 0 unspecified atom stereocenters. The number of fused-ring (bicyclic) bond motifs is 2. The van der Waals surface area contributed by atoms with Crippen molar-refractivity contribution >= 4 is 16.8 Å². The largest absolute Gasteiger partial charge is 0.506 e. The van der Waals surface area contributed by atoms with E-state index in [1.165, 1.54) is 6.07 Å². The van der Waals surface area contributed by atoms with Gasteiger partial charge in [0.25, 0.3) is 5.78 Å². The molecule has 1 aromatic heterocycles. The Morgan fingerprint density at radius 2 is 1.67 bits per heavy atom. The van der Waals surface area contributed by atoms with Crippen molar-refractivity contribution in [3.63, 3.8) is 0 Å². The van der Waals surface area contributed by atoms with Crippen molar-refractivity contribution in [3.05, 3.63) is 28.1 Å². The predicted octanol–water partition coefficient (Wildman–Crippen LogP) is 0.323. The van der Waals surface area contributed by atoms with E-state index >= 15 is 0 Å². The summed E-state index contributed by atoms with van der Waals surface area (Å²) < 4.78 is 51.9. The molecule has 24 heavy (non-hydrogen) atoms. The molecule has 0 saturated carbocycles. The Bertz CT molecular complexity index is 830. The number of Topliss-reactive ketones (excluding diaryl/α,β-unsaturated/α-hetero) is 1. The third kappa shape index (κ3) is 3.72. The molecule has 12 heteroatoms. The number of halogens is 3. The molecule has 3 rings (SSSR count). The normalized spacial score (nSPS) is 12.0. The average molecular weight is 490 g/mol. The maximum atomic E-state index is 12.4. The summed E-state index contributed by atoms with van der Waals surface area (Å²) in [5, 5.41) is 9.56. The average Bonchev–Trinajstić information content (AvgIpc) is 2.82. The molecule has 0 bridgehead atoms. The summed E-state index contributed by atoms with van der Waals surface area (Å²) in [6.07, 6.45) is -5.31. The smallest absolute Gasteiger partial charge is 0.455 e. The van der Waals surface area contributed by atoms with Crippen molar-refractivity contribution < 1.29 is 97.3 Å². The maximum Gasteiger partial charge on any atom is 0.455 e. The predicted molar refractivity (Wildman–Crippen MR) is 67.9 cm³/mol. The monoisotopic (exact) mass is 491 g/mol. The Morgan fingerprint density at radius 3 is 2.21 bits per heavy atom. The number of ether oxygens (including phenoxy) is 2. The van der Waals surface area contributed by atoms with Gasteiger partial charge in [-0.1, -0.05) is 0 Å². The Hall–Kier alpha value is -1.21. The number of alkyl halides is 3. The molecule has 1 radical (unpaired) electrons. The molecular weight excluding hydrogens is 481 g/mol. The summed E-state index contributed by atoms with van der Waals surface area (Å²) in [4.78, 5) is 22.7. The second-order valence-electron chi connectivity index (χ2n) is 4.14. The minimum atomic E-state index is -5.31. The van der Waals surface area contributed by atoms with Crippen molar-refractivity contribution in [1.29, 1.82) is 0 Å². The van der Waals surface area contributed by atoms with Crippen LogP contribution >= 0.6 is 0 Å². The summed E-state index contributed by atoms with van der Waals surface area (Å²) in [5.74, 6) is -3.23. The number of hydrogen-bond acceptors (Lipinski definition) is 6. The molecule has 0 amide bonds. The minimum absolute atomic E-state index is 0. The molecule has 2 aromatic rings. The van der Waals surface area contributed by atoms with Crippen molar-refractivity contribution in [2.24, 2.45) is 0 Å². The second kappa shape index (κ2) is 7.78. The summed E-state index contributed by atoms with van der Waals surface area (Å²) in [6, 6.07) is 2.31. The van der Waals surface area contributed by atoms with Gasteiger partial charge in [-0.15, -0.1) is 0 Å². The molecule has 8 nitrogen and oxygen atoms in total. The summed E-state index contributed by atoms with van der Waals surface area (Å²) in [6.45, 7) is -0.120. The zero-order valence-electron chi connectivity index (χ0n) is 11.4.